The average molecular weight is 520 g/mol. The van der Waals surface area contributed by atoms with E-state index >= 15 is 0 Å². The number of benzene rings is 3. The highest BCUT2D eigenvalue weighted by atomic mass is 32.2. The van der Waals surface area contributed by atoms with Crippen LogP contribution in [0, 0.1) is 12.8 Å². The molecule has 0 bridgehead atoms. The molecule has 9 heteroatoms. The molecule has 37 heavy (non-hydrogen) atoms. The van der Waals surface area contributed by atoms with Crippen LogP contribution in [0.4, 0.5) is 11.4 Å². The number of hydrogen-bond donors (Lipinski definition) is 2. The van der Waals surface area contributed by atoms with Crippen molar-refractivity contribution < 1.29 is 22.8 Å². The van der Waals surface area contributed by atoms with Gasteiger partial charge in [0, 0.05) is 24.2 Å². The number of carbonyl (C=O) groups is 3. The van der Waals surface area contributed by atoms with Crippen molar-refractivity contribution in [2.45, 2.75) is 19.8 Å². The van der Waals surface area contributed by atoms with Gasteiger partial charge in [0.15, 0.2) is 5.78 Å². The second-order valence-electron chi connectivity index (χ2n) is 9.19. The molecule has 0 spiro atoms. The van der Waals surface area contributed by atoms with Crippen LogP contribution in [0.3, 0.4) is 0 Å². The number of aryl methyl sites for hydroxylation is 1. The van der Waals surface area contributed by atoms with Gasteiger partial charge in [-0.1, -0.05) is 54.1 Å². The van der Waals surface area contributed by atoms with Crippen LogP contribution >= 0.6 is 0 Å². The van der Waals surface area contributed by atoms with Crippen LogP contribution in [0.15, 0.2) is 72.8 Å². The minimum atomic E-state index is -3.39. The Labute approximate surface area is 216 Å². The Morgan fingerprint density at radius 2 is 1.54 bits per heavy atom. The van der Waals surface area contributed by atoms with Gasteiger partial charge in [0.25, 0.3) is 5.91 Å². The Hall–Kier alpha value is -3.82. The lowest BCUT2D eigenvalue weighted by molar-refractivity contribution is -0.120. The largest absolute Gasteiger partial charge is 0.325 e. The molecule has 0 aromatic heterocycles. The quantitative estimate of drug-likeness (QED) is 0.457. The van der Waals surface area contributed by atoms with Crippen LogP contribution in [-0.2, 0) is 14.8 Å². The highest BCUT2D eigenvalue weighted by molar-refractivity contribution is 7.88. The Morgan fingerprint density at radius 1 is 0.865 bits per heavy atom. The van der Waals surface area contributed by atoms with E-state index in [-0.39, 0.29) is 23.8 Å². The number of piperidine rings is 1. The van der Waals surface area contributed by atoms with E-state index in [1.165, 1.54) is 4.31 Å². The van der Waals surface area contributed by atoms with Gasteiger partial charge in [-0.15, -0.1) is 0 Å². The number of nitrogens with zero attached hydrogens (tertiary/aromatic N) is 1. The number of hydrogen-bond acceptors (Lipinski definition) is 5. The van der Waals surface area contributed by atoms with Gasteiger partial charge in [0.1, 0.15) is 0 Å². The van der Waals surface area contributed by atoms with Crippen molar-refractivity contribution in [2.24, 2.45) is 5.92 Å². The summed E-state index contributed by atoms with van der Waals surface area (Å²) in [4.78, 5) is 39.5. The van der Waals surface area contributed by atoms with Crippen molar-refractivity contribution in [1.29, 1.82) is 0 Å². The molecule has 3 aromatic rings. The second kappa shape index (κ2) is 11.1. The van der Waals surface area contributed by atoms with Crippen molar-refractivity contribution in [1.82, 2.24) is 4.31 Å². The van der Waals surface area contributed by atoms with Gasteiger partial charge in [-0.3, -0.25) is 14.4 Å². The minimum Gasteiger partial charge on any atom is -0.325 e. The Kier molecular flexibility index (Phi) is 7.85. The summed E-state index contributed by atoms with van der Waals surface area (Å²) in [7, 11) is -3.39. The zero-order valence-electron chi connectivity index (χ0n) is 20.7. The summed E-state index contributed by atoms with van der Waals surface area (Å²) in [5.41, 5.74) is 2.65. The summed E-state index contributed by atoms with van der Waals surface area (Å²) >= 11 is 0. The lowest BCUT2D eigenvalue weighted by atomic mass is 9.98. The lowest BCUT2D eigenvalue weighted by Crippen LogP contribution is -2.43. The van der Waals surface area contributed by atoms with Crippen molar-refractivity contribution in [2.75, 3.05) is 30.0 Å². The van der Waals surface area contributed by atoms with Gasteiger partial charge >= 0.3 is 0 Å². The van der Waals surface area contributed by atoms with Gasteiger partial charge in [-0.05, 0) is 44.0 Å². The molecule has 1 fully saturated rings. The Morgan fingerprint density at radius 3 is 2.27 bits per heavy atom. The molecule has 1 aliphatic rings. The number of para-hydroxylation sites is 1. The molecule has 3 aromatic carbocycles. The van der Waals surface area contributed by atoms with Crippen LogP contribution in [0.1, 0.15) is 44.7 Å². The highest BCUT2D eigenvalue weighted by Gasteiger charge is 2.30. The molecule has 0 saturated carbocycles. The summed E-state index contributed by atoms with van der Waals surface area (Å²) < 4.78 is 25.2. The highest BCUT2D eigenvalue weighted by Crippen LogP contribution is 2.25. The number of rotatable bonds is 7. The third-order valence-electron chi connectivity index (χ3n) is 6.36. The molecule has 2 amide bonds. The maximum Gasteiger partial charge on any atom is 0.257 e. The number of carbonyl (C=O) groups excluding carboxylic acids is 3. The van der Waals surface area contributed by atoms with E-state index in [1.807, 2.05) is 19.1 Å². The van der Waals surface area contributed by atoms with Crippen LogP contribution in [0.25, 0.3) is 0 Å². The predicted octanol–water partition coefficient (Wildman–Crippen LogP) is 4.09. The van der Waals surface area contributed by atoms with E-state index in [0.717, 1.165) is 11.8 Å². The van der Waals surface area contributed by atoms with Gasteiger partial charge in [0.05, 0.1) is 29.1 Å². The maximum atomic E-state index is 13.3. The molecule has 1 saturated heterocycles. The van der Waals surface area contributed by atoms with Gasteiger partial charge in [0.2, 0.25) is 15.9 Å². The lowest BCUT2D eigenvalue weighted by Gasteiger charge is -2.30. The van der Waals surface area contributed by atoms with Crippen LogP contribution < -0.4 is 10.6 Å². The maximum absolute atomic E-state index is 13.3. The molecular formula is C28H29N3O5S. The van der Waals surface area contributed by atoms with Crippen molar-refractivity contribution in [3.8, 4) is 0 Å². The SMILES string of the molecule is Cc1ccc(NC(=O)c2ccccc2NC(=O)C2CCCN(S(C)(=O)=O)C2)c(C(=O)c2ccccc2)c1. The van der Waals surface area contributed by atoms with Crippen LogP contribution in [-0.4, -0.2) is 49.7 Å². The normalized spacial score (nSPS) is 16.1. The number of amides is 2. The average Bonchev–Trinajstić information content (AvgIpc) is 2.89. The molecule has 4 rings (SSSR count). The number of sulfonamides is 1. The first-order valence-electron chi connectivity index (χ1n) is 12.0. The van der Waals surface area contributed by atoms with Gasteiger partial charge in [-0.25, -0.2) is 12.7 Å². The summed E-state index contributed by atoms with van der Waals surface area (Å²) in [6, 6.07) is 20.6. The number of nitrogens with one attached hydrogen (secondary N) is 2. The molecule has 1 heterocycles. The molecule has 1 unspecified atom stereocenters. The van der Waals surface area contributed by atoms with Gasteiger partial charge < -0.3 is 10.6 Å². The fourth-order valence-corrected chi connectivity index (χ4v) is 5.28. The molecule has 1 aliphatic heterocycles. The third kappa shape index (κ3) is 6.31. The minimum absolute atomic E-state index is 0.105. The van der Waals surface area contributed by atoms with Crippen molar-refractivity contribution in [3.05, 3.63) is 95.1 Å². The first-order chi connectivity index (χ1) is 17.6. The number of ketones is 1. The molecule has 1 atom stereocenters. The Balaban J connectivity index is 1.55. The van der Waals surface area contributed by atoms with Crippen LogP contribution in [0.5, 0.6) is 0 Å². The van der Waals surface area contributed by atoms with E-state index < -0.39 is 21.8 Å². The molecule has 0 radical (unpaired) electrons. The fourth-order valence-electron chi connectivity index (χ4n) is 4.37. The smallest absolute Gasteiger partial charge is 0.257 e. The van der Waals surface area contributed by atoms with Crippen molar-refractivity contribution >= 4 is 39.0 Å². The molecular weight excluding hydrogens is 490 g/mol. The monoisotopic (exact) mass is 519 g/mol. The fraction of sp³-hybridized carbons (Fsp3) is 0.250. The summed E-state index contributed by atoms with van der Waals surface area (Å²) in [5.74, 6) is -1.56. The zero-order valence-corrected chi connectivity index (χ0v) is 21.5. The number of anilines is 2. The molecule has 0 aliphatic carbocycles. The van der Waals surface area contributed by atoms with E-state index in [1.54, 1.807) is 60.7 Å². The van der Waals surface area contributed by atoms with Gasteiger partial charge in [-0.2, -0.15) is 0 Å². The summed E-state index contributed by atoms with van der Waals surface area (Å²) in [6.45, 7) is 2.37. The second-order valence-corrected chi connectivity index (χ2v) is 11.2. The standard InChI is InChI=1S/C28H29N3O5S/c1-19-14-15-25(23(17-19)26(32)20-9-4-3-5-10-20)30-28(34)22-12-6-7-13-24(22)29-27(33)21-11-8-16-31(18-21)37(2,35)36/h3-7,9-10,12-15,17,21H,8,11,16,18H2,1-2H3,(H,29,33)(H,30,34). The topological polar surface area (TPSA) is 113 Å². The predicted molar refractivity (Wildman–Crippen MR) is 143 cm³/mol. The molecule has 192 valence electrons. The molecule has 2 N–H and O–H groups in total. The molecule has 8 nitrogen and oxygen atoms in total. The summed E-state index contributed by atoms with van der Waals surface area (Å²) in [5, 5.41) is 5.63. The zero-order chi connectivity index (χ0) is 26.6. The van der Waals surface area contributed by atoms with E-state index in [2.05, 4.69) is 10.6 Å². The van der Waals surface area contributed by atoms with E-state index in [9.17, 15) is 22.8 Å². The third-order valence-corrected chi connectivity index (χ3v) is 7.63. The van der Waals surface area contributed by atoms with E-state index in [4.69, 9.17) is 0 Å². The first-order valence-corrected chi connectivity index (χ1v) is 13.8. The summed E-state index contributed by atoms with van der Waals surface area (Å²) in [6.07, 6.45) is 2.27. The first kappa shape index (κ1) is 26.2. The Bertz CT molecular complexity index is 1440. The van der Waals surface area contributed by atoms with Crippen molar-refractivity contribution in [3.63, 3.8) is 0 Å². The van der Waals surface area contributed by atoms with E-state index in [0.29, 0.717) is 41.9 Å². The van der Waals surface area contributed by atoms with Crippen LogP contribution in [0.2, 0.25) is 0 Å².